The lowest BCUT2D eigenvalue weighted by atomic mass is 10.2. The highest BCUT2D eigenvalue weighted by Crippen LogP contribution is 2.18. The highest BCUT2D eigenvalue weighted by Gasteiger charge is 2.10. The molecule has 0 aliphatic carbocycles. The van der Waals surface area contributed by atoms with Gasteiger partial charge in [0.05, 0.1) is 18.8 Å². The van der Waals surface area contributed by atoms with Gasteiger partial charge in [-0.25, -0.2) is 0 Å². The zero-order valence-corrected chi connectivity index (χ0v) is 8.59. The minimum Gasteiger partial charge on any atom is -0.507 e. The summed E-state index contributed by atoms with van der Waals surface area (Å²) in [6.07, 6.45) is 3.89. The molecule has 0 radical (unpaired) electrons. The van der Waals surface area contributed by atoms with Crippen LogP contribution < -0.4 is 10.4 Å². The van der Waals surface area contributed by atoms with Crippen molar-refractivity contribution in [3.8, 4) is 5.75 Å². The van der Waals surface area contributed by atoms with Crippen LogP contribution in [-0.4, -0.2) is 9.79 Å². The molecule has 0 saturated heterocycles. The quantitative estimate of drug-likeness (QED) is 0.428. The Labute approximate surface area is 88.2 Å². The number of aryl methyl sites for hydroxylation is 1. The minimum absolute atomic E-state index is 0.276. The summed E-state index contributed by atoms with van der Waals surface area (Å²) in [4.78, 5) is 0. The van der Waals surface area contributed by atoms with Gasteiger partial charge in [0.15, 0.2) is 6.20 Å². The second kappa shape index (κ2) is 3.65. The van der Waals surface area contributed by atoms with E-state index in [1.54, 1.807) is 18.2 Å². The fraction of sp³-hybridized carbons (Fsp3) is 0.182. The molecule has 2 aromatic rings. The lowest BCUT2D eigenvalue weighted by Crippen LogP contribution is -2.41. The molecule has 0 spiro atoms. The maximum atomic E-state index is 9.65. The van der Waals surface area contributed by atoms with Gasteiger partial charge in [-0.1, -0.05) is 0 Å². The highest BCUT2D eigenvalue weighted by molar-refractivity contribution is 5.46. The molecule has 0 fully saturated rings. The molecule has 0 aliphatic rings. The number of phenolic OH excluding ortho intramolecular Hbond substituents is 1. The highest BCUT2D eigenvalue weighted by atomic mass is 16.3. The number of hydrogen-bond acceptors (Lipinski definition) is 2. The van der Waals surface area contributed by atoms with Crippen molar-refractivity contribution >= 4 is 5.69 Å². The van der Waals surface area contributed by atoms with E-state index in [9.17, 15) is 5.11 Å². The Morgan fingerprint density at radius 2 is 2.27 bits per heavy atom. The van der Waals surface area contributed by atoms with E-state index in [2.05, 4.69) is 0 Å². The van der Waals surface area contributed by atoms with Crippen LogP contribution in [0.15, 0.2) is 36.7 Å². The van der Waals surface area contributed by atoms with Gasteiger partial charge in [-0.3, -0.25) is 0 Å². The first-order valence-corrected chi connectivity index (χ1v) is 4.75. The first-order chi connectivity index (χ1) is 7.16. The van der Waals surface area contributed by atoms with Gasteiger partial charge in [0.25, 0.3) is 0 Å². The molecule has 0 atom stereocenters. The predicted molar refractivity (Wildman–Crippen MR) is 57.2 cm³/mol. The van der Waals surface area contributed by atoms with E-state index in [0.29, 0.717) is 12.2 Å². The van der Waals surface area contributed by atoms with Crippen LogP contribution in [0.1, 0.15) is 5.56 Å². The van der Waals surface area contributed by atoms with Crippen molar-refractivity contribution in [2.24, 2.45) is 7.05 Å². The molecule has 0 bridgehead atoms. The van der Waals surface area contributed by atoms with Crippen molar-refractivity contribution in [2.75, 3.05) is 5.73 Å². The number of aromatic nitrogens is 2. The van der Waals surface area contributed by atoms with Crippen molar-refractivity contribution in [3.05, 3.63) is 42.2 Å². The number of hydrogen-bond donors (Lipinski definition) is 2. The molecule has 3 N–H and O–H groups in total. The van der Waals surface area contributed by atoms with Crippen LogP contribution in [0.3, 0.4) is 0 Å². The number of aromatic hydroxyl groups is 1. The first kappa shape index (κ1) is 9.58. The summed E-state index contributed by atoms with van der Waals surface area (Å²) in [5.41, 5.74) is 7.15. The Morgan fingerprint density at radius 3 is 2.93 bits per heavy atom. The minimum atomic E-state index is 0.276. The standard InChI is InChI=1S/C11H13N3O/c1-13-5-2-6-14(13)8-9-7-10(12)3-4-11(9)15/h2-7H,8,12H2,1H3/p+1. The summed E-state index contributed by atoms with van der Waals surface area (Å²) in [5, 5.41) is 9.65. The van der Waals surface area contributed by atoms with E-state index in [0.717, 1.165) is 5.56 Å². The number of anilines is 1. The predicted octanol–water partition coefficient (Wildman–Crippen LogP) is 0.649. The lowest BCUT2D eigenvalue weighted by molar-refractivity contribution is -0.765. The van der Waals surface area contributed by atoms with Gasteiger partial charge in [-0.2, -0.15) is 4.68 Å². The molecule has 78 valence electrons. The Kier molecular flexibility index (Phi) is 2.33. The lowest BCUT2D eigenvalue weighted by Gasteiger charge is -2.02. The third kappa shape index (κ3) is 1.93. The number of nitrogens with zero attached hydrogens (tertiary/aromatic N) is 2. The van der Waals surface area contributed by atoms with Crippen molar-refractivity contribution in [3.63, 3.8) is 0 Å². The number of nitrogens with two attached hydrogens (primary N) is 1. The fourth-order valence-electron chi connectivity index (χ4n) is 1.52. The van der Waals surface area contributed by atoms with Gasteiger partial charge >= 0.3 is 0 Å². The zero-order chi connectivity index (χ0) is 10.8. The molecule has 4 nitrogen and oxygen atoms in total. The molecular formula is C11H14N3O+. The Hall–Kier alpha value is -1.97. The zero-order valence-electron chi connectivity index (χ0n) is 8.59. The molecule has 4 heteroatoms. The Balaban J connectivity index is 2.32. The van der Waals surface area contributed by atoms with Crippen molar-refractivity contribution in [2.45, 2.75) is 6.54 Å². The third-order valence-corrected chi connectivity index (χ3v) is 2.40. The largest absolute Gasteiger partial charge is 0.507 e. The second-order valence-electron chi connectivity index (χ2n) is 3.55. The monoisotopic (exact) mass is 204 g/mol. The van der Waals surface area contributed by atoms with Gasteiger partial charge in [0.2, 0.25) is 6.54 Å². The van der Waals surface area contributed by atoms with E-state index < -0.39 is 0 Å². The first-order valence-electron chi connectivity index (χ1n) is 4.75. The average Bonchev–Trinajstić information content (AvgIpc) is 2.58. The van der Waals surface area contributed by atoms with Crippen LogP contribution in [-0.2, 0) is 13.6 Å². The normalized spacial score (nSPS) is 10.5. The van der Waals surface area contributed by atoms with Crippen LogP contribution in [0.25, 0.3) is 0 Å². The summed E-state index contributed by atoms with van der Waals surface area (Å²) >= 11 is 0. The molecule has 1 aromatic carbocycles. The summed E-state index contributed by atoms with van der Waals surface area (Å²) in [5.74, 6) is 0.276. The maximum Gasteiger partial charge on any atom is 0.201 e. The Morgan fingerprint density at radius 1 is 1.47 bits per heavy atom. The van der Waals surface area contributed by atoms with E-state index in [1.165, 1.54) is 0 Å². The van der Waals surface area contributed by atoms with E-state index in [1.807, 2.05) is 34.9 Å². The molecule has 0 unspecified atom stereocenters. The van der Waals surface area contributed by atoms with Gasteiger partial charge in [0.1, 0.15) is 5.75 Å². The number of phenols is 1. The number of benzene rings is 1. The average molecular weight is 204 g/mol. The van der Waals surface area contributed by atoms with Crippen LogP contribution in [0.2, 0.25) is 0 Å². The molecule has 0 amide bonds. The molecule has 2 rings (SSSR count). The van der Waals surface area contributed by atoms with Gasteiger partial charge < -0.3 is 10.8 Å². The molecule has 15 heavy (non-hydrogen) atoms. The van der Waals surface area contributed by atoms with Gasteiger partial charge in [-0.05, 0) is 18.2 Å². The molecular weight excluding hydrogens is 190 g/mol. The summed E-state index contributed by atoms with van der Waals surface area (Å²) in [6, 6.07) is 7.04. The van der Waals surface area contributed by atoms with Gasteiger partial charge in [0, 0.05) is 11.8 Å². The van der Waals surface area contributed by atoms with Crippen molar-refractivity contribution < 1.29 is 9.79 Å². The van der Waals surface area contributed by atoms with E-state index >= 15 is 0 Å². The van der Waals surface area contributed by atoms with Gasteiger partial charge in [-0.15, -0.1) is 4.68 Å². The van der Waals surface area contributed by atoms with Crippen molar-refractivity contribution in [1.82, 2.24) is 4.68 Å². The van der Waals surface area contributed by atoms with E-state index in [4.69, 9.17) is 5.73 Å². The third-order valence-electron chi connectivity index (χ3n) is 2.40. The number of rotatable bonds is 2. The van der Waals surface area contributed by atoms with Crippen LogP contribution >= 0.6 is 0 Å². The Bertz CT molecular complexity index is 476. The SMILES string of the molecule is Cn1ccc[n+]1Cc1cc(N)ccc1O. The summed E-state index contributed by atoms with van der Waals surface area (Å²) < 4.78 is 3.93. The van der Waals surface area contributed by atoms with E-state index in [-0.39, 0.29) is 5.75 Å². The maximum absolute atomic E-state index is 9.65. The fourth-order valence-corrected chi connectivity index (χ4v) is 1.52. The number of nitrogen functional groups attached to an aromatic ring is 1. The van der Waals surface area contributed by atoms with Crippen LogP contribution in [0, 0.1) is 0 Å². The van der Waals surface area contributed by atoms with Crippen molar-refractivity contribution in [1.29, 1.82) is 0 Å². The topological polar surface area (TPSA) is 55.1 Å². The summed E-state index contributed by atoms with van der Waals surface area (Å²) in [6.45, 7) is 0.611. The second-order valence-corrected chi connectivity index (χ2v) is 3.55. The summed E-state index contributed by atoms with van der Waals surface area (Å²) in [7, 11) is 1.95. The van der Waals surface area contributed by atoms with Crippen LogP contribution in [0.4, 0.5) is 5.69 Å². The molecule has 0 saturated carbocycles. The van der Waals surface area contributed by atoms with Crippen LogP contribution in [0.5, 0.6) is 5.75 Å². The molecule has 1 heterocycles. The smallest absolute Gasteiger partial charge is 0.201 e. The molecule has 1 aromatic heterocycles. The molecule has 0 aliphatic heterocycles.